The van der Waals surface area contributed by atoms with E-state index in [9.17, 15) is 14.4 Å². The Morgan fingerprint density at radius 3 is 2.35 bits per heavy atom. The van der Waals surface area contributed by atoms with Gasteiger partial charge in [-0.15, -0.1) is 0 Å². The number of hydrogen-bond donors (Lipinski definition) is 0. The third-order valence-corrected chi connectivity index (χ3v) is 6.84. The smallest absolute Gasteiger partial charge is 0.295 e. The number of anilines is 1. The maximum atomic E-state index is 13.5. The highest BCUT2D eigenvalue weighted by molar-refractivity contribution is 9.10. The fourth-order valence-corrected chi connectivity index (χ4v) is 4.70. The maximum absolute atomic E-state index is 13.5. The van der Waals surface area contributed by atoms with Crippen molar-refractivity contribution in [3.8, 4) is 0 Å². The van der Waals surface area contributed by atoms with Crippen molar-refractivity contribution >= 4 is 68.1 Å². The molecular formula is C25H16BrCl2N3O3. The van der Waals surface area contributed by atoms with E-state index in [0.29, 0.717) is 22.2 Å². The van der Waals surface area contributed by atoms with Gasteiger partial charge in [-0.25, -0.2) is 5.01 Å². The van der Waals surface area contributed by atoms with Gasteiger partial charge in [0.2, 0.25) is 0 Å². The zero-order valence-electron chi connectivity index (χ0n) is 17.5. The monoisotopic (exact) mass is 555 g/mol. The van der Waals surface area contributed by atoms with Gasteiger partial charge in [0.15, 0.2) is 0 Å². The van der Waals surface area contributed by atoms with Crippen LogP contribution in [0.25, 0.3) is 0 Å². The molecule has 1 atom stereocenters. The summed E-state index contributed by atoms with van der Waals surface area (Å²) in [5.74, 6) is -1.85. The zero-order valence-corrected chi connectivity index (χ0v) is 20.6. The Morgan fingerprint density at radius 2 is 1.65 bits per heavy atom. The highest BCUT2D eigenvalue weighted by Gasteiger charge is 2.40. The summed E-state index contributed by atoms with van der Waals surface area (Å²) < 4.78 is 0.938. The van der Waals surface area contributed by atoms with Crippen LogP contribution in [0.2, 0.25) is 10.0 Å². The Hall–Kier alpha value is -3.00. The van der Waals surface area contributed by atoms with Crippen LogP contribution >= 0.6 is 39.1 Å². The Balaban J connectivity index is 1.48. The minimum Gasteiger partial charge on any atom is -0.295 e. The first-order valence-corrected chi connectivity index (χ1v) is 11.9. The quantitative estimate of drug-likeness (QED) is 0.389. The summed E-state index contributed by atoms with van der Waals surface area (Å²) >= 11 is 15.5. The van der Waals surface area contributed by atoms with E-state index in [2.05, 4.69) is 21.0 Å². The first-order valence-electron chi connectivity index (χ1n) is 10.4. The van der Waals surface area contributed by atoms with Gasteiger partial charge in [0, 0.05) is 20.9 Å². The zero-order chi connectivity index (χ0) is 24.0. The highest BCUT2D eigenvalue weighted by atomic mass is 79.9. The van der Waals surface area contributed by atoms with Crippen molar-refractivity contribution in [2.45, 2.75) is 12.5 Å². The number of Topliss-reactive ketones (excluding diaryl/α,β-unsaturated/α-hetero) is 1. The van der Waals surface area contributed by atoms with E-state index in [0.717, 1.165) is 21.3 Å². The molecule has 3 aromatic rings. The fraction of sp³-hybridized carbons (Fsp3) is 0.120. The van der Waals surface area contributed by atoms with Gasteiger partial charge in [0.1, 0.15) is 6.54 Å². The van der Waals surface area contributed by atoms with Gasteiger partial charge in [-0.1, -0.05) is 63.4 Å². The molecule has 2 amide bonds. The molecule has 1 unspecified atom stereocenters. The molecule has 6 nitrogen and oxygen atoms in total. The molecule has 0 radical (unpaired) electrons. The van der Waals surface area contributed by atoms with Crippen LogP contribution in [0, 0.1) is 0 Å². The molecule has 0 bridgehead atoms. The Kier molecular flexibility index (Phi) is 6.02. The summed E-state index contributed by atoms with van der Waals surface area (Å²) in [6, 6.07) is 19.2. The van der Waals surface area contributed by atoms with E-state index in [4.69, 9.17) is 23.2 Å². The van der Waals surface area contributed by atoms with E-state index < -0.39 is 17.6 Å². The van der Waals surface area contributed by atoms with Crippen LogP contribution in [0.3, 0.4) is 0 Å². The summed E-state index contributed by atoms with van der Waals surface area (Å²) in [6.45, 7) is -0.319. The number of ketones is 1. The lowest BCUT2D eigenvalue weighted by molar-refractivity contribution is -0.132. The molecule has 0 spiro atoms. The van der Waals surface area contributed by atoms with Crippen LogP contribution in [0.5, 0.6) is 0 Å². The number of hydrogen-bond acceptors (Lipinski definition) is 4. The second-order valence-electron chi connectivity index (χ2n) is 7.95. The Morgan fingerprint density at radius 1 is 0.971 bits per heavy atom. The van der Waals surface area contributed by atoms with E-state index in [1.807, 2.05) is 36.4 Å². The van der Waals surface area contributed by atoms with Crippen molar-refractivity contribution in [1.82, 2.24) is 5.01 Å². The molecule has 0 aliphatic carbocycles. The van der Waals surface area contributed by atoms with Crippen molar-refractivity contribution in [2.24, 2.45) is 5.10 Å². The summed E-state index contributed by atoms with van der Waals surface area (Å²) in [4.78, 5) is 39.7. The van der Waals surface area contributed by atoms with Crippen LogP contribution < -0.4 is 4.90 Å². The van der Waals surface area contributed by atoms with Crippen molar-refractivity contribution in [1.29, 1.82) is 0 Å². The van der Waals surface area contributed by atoms with Crippen LogP contribution in [0.15, 0.2) is 76.3 Å². The lowest BCUT2D eigenvalue weighted by Gasteiger charge is -2.24. The van der Waals surface area contributed by atoms with Crippen LogP contribution in [0.4, 0.5) is 5.69 Å². The number of nitrogens with zero attached hydrogens (tertiary/aromatic N) is 3. The number of hydrazone groups is 1. The van der Waals surface area contributed by atoms with Crippen LogP contribution in [-0.2, 0) is 9.59 Å². The molecule has 5 rings (SSSR count). The molecule has 34 heavy (non-hydrogen) atoms. The van der Waals surface area contributed by atoms with Crippen molar-refractivity contribution in [2.75, 3.05) is 11.4 Å². The normalized spacial score (nSPS) is 17.3. The third-order valence-electron chi connectivity index (χ3n) is 5.82. The number of halogens is 3. The molecule has 0 N–H and O–H groups in total. The second kappa shape index (κ2) is 8.98. The van der Waals surface area contributed by atoms with Crippen molar-refractivity contribution in [3.05, 3.63) is 97.9 Å². The number of fused-ring (bicyclic) bond motifs is 1. The van der Waals surface area contributed by atoms with E-state index in [1.54, 1.807) is 24.3 Å². The molecule has 2 aliphatic rings. The van der Waals surface area contributed by atoms with Gasteiger partial charge >= 0.3 is 0 Å². The average molecular weight is 557 g/mol. The van der Waals surface area contributed by atoms with Gasteiger partial charge in [-0.05, 0) is 53.6 Å². The van der Waals surface area contributed by atoms with E-state index >= 15 is 0 Å². The molecule has 0 saturated heterocycles. The summed E-state index contributed by atoms with van der Waals surface area (Å²) in [7, 11) is 0. The first kappa shape index (κ1) is 22.8. The van der Waals surface area contributed by atoms with Crippen molar-refractivity contribution in [3.63, 3.8) is 0 Å². The Bertz CT molecular complexity index is 1360. The van der Waals surface area contributed by atoms with Gasteiger partial charge in [0.25, 0.3) is 17.6 Å². The molecule has 2 aliphatic heterocycles. The molecule has 0 aromatic heterocycles. The molecule has 170 valence electrons. The summed E-state index contributed by atoms with van der Waals surface area (Å²) in [6.07, 6.45) is 0.494. The van der Waals surface area contributed by atoms with Gasteiger partial charge < -0.3 is 0 Å². The number of amides is 2. The van der Waals surface area contributed by atoms with Gasteiger partial charge in [-0.3, -0.25) is 19.3 Å². The summed E-state index contributed by atoms with van der Waals surface area (Å²) in [5.41, 5.74) is 3.07. The van der Waals surface area contributed by atoms with E-state index in [-0.39, 0.29) is 18.2 Å². The molecule has 2 heterocycles. The largest absolute Gasteiger partial charge is 0.299 e. The summed E-state index contributed by atoms with van der Waals surface area (Å²) in [5, 5.41) is 6.96. The van der Waals surface area contributed by atoms with Crippen molar-refractivity contribution < 1.29 is 14.4 Å². The average Bonchev–Trinajstić information content (AvgIpc) is 3.36. The number of rotatable bonds is 4. The first-order chi connectivity index (χ1) is 16.3. The van der Waals surface area contributed by atoms with E-state index in [1.165, 1.54) is 16.0 Å². The maximum Gasteiger partial charge on any atom is 0.299 e. The highest BCUT2D eigenvalue weighted by Crippen LogP contribution is 2.35. The SMILES string of the molecule is O=C1C(=O)N(CC(=O)N2N=C(c3ccc(Br)cc3)CC2c2ccc(Cl)cc2)c2ccc(Cl)cc21. The number of carbonyl (C=O) groups is 3. The minimum atomic E-state index is -0.759. The lowest BCUT2D eigenvalue weighted by Crippen LogP contribution is -2.40. The molecule has 3 aromatic carbocycles. The predicted molar refractivity (Wildman–Crippen MR) is 134 cm³/mol. The van der Waals surface area contributed by atoms with Crippen LogP contribution in [-0.4, -0.2) is 34.9 Å². The predicted octanol–water partition coefficient (Wildman–Crippen LogP) is 5.66. The number of carbonyl (C=O) groups excluding carboxylic acids is 3. The molecule has 0 saturated carbocycles. The van der Waals surface area contributed by atoms with Gasteiger partial charge in [0.05, 0.1) is 23.0 Å². The van der Waals surface area contributed by atoms with Crippen LogP contribution in [0.1, 0.15) is 33.9 Å². The minimum absolute atomic E-state index is 0.194. The molecule has 9 heteroatoms. The third kappa shape index (κ3) is 4.15. The number of benzene rings is 3. The van der Waals surface area contributed by atoms with Gasteiger partial charge in [-0.2, -0.15) is 5.10 Å². The topological polar surface area (TPSA) is 70.1 Å². The Labute approximate surface area is 213 Å². The molecular weight excluding hydrogens is 541 g/mol. The fourth-order valence-electron chi connectivity index (χ4n) is 4.14. The lowest BCUT2D eigenvalue weighted by atomic mass is 9.98. The second-order valence-corrected chi connectivity index (χ2v) is 9.73. The molecule has 0 fully saturated rings. The standard InChI is InChI=1S/C25H16BrCl2N3O3/c26-16-5-1-14(2-6-16)20-12-22(15-3-7-17(27)8-4-15)31(29-20)23(32)13-30-21-10-9-18(28)11-19(21)24(33)25(30)34/h1-11,22H,12-13H2.